The van der Waals surface area contributed by atoms with Crippen molar-refractivity contribution in [2.75, 3.05) is 11.5 Å². The lowest BCUT2D eigenvalue weighted by Gasteiger charge is -2.10. The lowest BCUT2D eigenvalue weighted by molar-refractivity contribution is -0.121. The van der Waals surface area contributed by atoms with Gasteiger partial charge in [0.1, 0.15) is 0 Å². The zero-order valence-corrected chi connectivity index (χ0v) is 11.1. The lowest BCUT2D eigenvalue weighted by Crippen LogP contribution is -2.32. The molecule has 0 saturated heterocycles. The maximum Gasteiger partial charge on any atom is 0.221 e. The van der Waals surface area contributed by atoms with Gasteiger partial charge in [-0.15, -0.1) is 10.2 Å². The van der Waals surface area contributed by atoms with Gasteiger partial charge in [0.15, 0.2) is 4.34 Å². The summed E-state index contributed by atoms with van der Waals surface area (Å²) < 4.78 is 0.830. The Balaban J connectivity index is 1.62. The molecule has 0 aliphatic heterocycles. The first-order valence-corrected chi connectivity index (χ1v) is 7.55. The van der Waals surface area contributed by atoms with E-state index in [2.05, 4.69) is 15.5 Å². The zero-order chi connectivity index (χ0) is 12.1. The van der Waals surface area contributed by atoms with Crippen molar-refractivity contribution < 1.29 is 4.79 Å². The minimum atomic E-state index is 0.141. The van der Waals surface area contributed by atoms with Gasteiger partial charge in [0.2, 0.25) is 11.0 Å². The van der Waals surface area contributed by atoms with Crippen molar-refractivity contribution in [2.45, 2.75) is 42.5 Å². The molecule has 0 radical (unpaired) electrons. The number of nitrogens with one attached hydrogen (secondary N) is 1. The minimum absolute atomic E-state index is 0.141. The van der Waals surface area contributed by atoms with Crippen LogP contribution in [0.15, 0.2) is 4.34 Å². The van der Waals surface area contributed by atoms with Crippen LogP contribution in [0.5, 0.6) is 0 Å². The Kier molecular flexibility index (Phi) is 4.61. The number of rotatable bonds is 5. The Hall–Kier alpha value is -0.820. The van der Waals surface area contributed by atoms with Gasteiger partial charge >= 0.3 is 0 Å². The molecule has 3 N–H and O–H groups in total. The van der Waals surface area contributed by atoms with Gasteiger partial charge in [-0.25, -0.2) is 0 Å². The average Bonchev–Trinajstić information content (AvgIpc) is 2.90. The van der Waals surface area contributed by atoms with E-state index in [1.54, 1.807) is 0 Å². The second kappa shape index (κ2) is 6.20. The monoisotopic (exact) mass is 272 g/mol. The largest absolute Gasteiger partial charge is 0.374 e. The molecule has 1 aliphatic carbocycles. The third-order valence-corrected chi connectivity index (χ3v) is 4.58. The highest BCUT2D eigenvalue weighted by Crippen LogP contribution is 2.24. The molecule has 1 saturated carbocycles. The number of nitrogens with zero attached hydrogens (tertiary/aromatic N) is 2. The number of thioether (sulfide) groups is 1. The summed E-state index contributed by atoms with van der Waals surface area (Å²) in [5, 5.41) is 11.1. The van der Waals surface area contributed by atoms with Crippen LogP contribution in [0, 0.1) is 0 Å². The van der Waals surface area contributed by atoms with E-state index >= 15 is 0 Å². The second-order valence-electron chi connectivity index (χ2n) is 4.05. The molecule has 1 aromatic rings. The molecule has 1 heterocycles. The fourth-order valence-electron chi connectivity index (χ4n) is 1.88. The van der Waals surface area contributed by atoms with E-state index in [9.17, 15) is 4.79 Å². The molecule has 5 nitrogen and oxygen atoms in total. The van der Waals surface area contributed by atoms with E-state index in [0.717, 1.165) is 22.9 Å². The number of carbonyl (C=O) groups excluding carboxylic acids is 1. The molecule has 1 amide bonds. The summed E-state index contributed by atoms with van der Waals surface area (Å²) in [6, 6.07) is 0.407. The van der Waals surface area contributed by atoms with Gasteiger partial charge in [-0.2, -0.15) is 0 Å². The lowest BCUT2D eigenvalue weighted by atomic mass is 10.2. The predicted octanol–water partition coefficient (Wildman–Crippen LogP) is 1.66. The number of hydrogen-bond donors (Lipinski definition) is 2. The van der Waals surface area contributed by atoms with Crippen molar-refractivity contribution in [1.29, 1.82) is 0 Å². The smallest absolute Gasteiger partial charge is 0.221 e. The van der Waals surface area contributed by atoms with Crippen LogP contribution < -0.4 is 11.1 Å². The normalized spacial score (nSPS) is 16.2. The molecule has 0 atom stereocenters. The third kappa shape index (κ3) is 4.16. The number of hydrogen-bond acceptors (Lipinski definition) is 6. The Bertz CT molecular complexity index is 376. The number of nitrogen functional groups attached to an aromatic ring is 1. The molecule has 17 heavy (non-hydrogen) atoms. The summed E-state index contributed by atoms with van der Waals surface area (Å²) in [5.41, 5.74) is 5.47. The van der Waals surface area contributed by atoms with E-state index < -0.39 is 0 Å². The number of aromatic nitrogens is 2. The highest BCUT2D eigenvalue weighted by Gasteiger charge is 2.16. The number of anilines is 1. The first-order valence-electron chi connectivity index (χ1n) is 5.75. The molecule has 0 bridgehead atoms. The summed E-state index contributed by atoms with van der Waals surface area (Å²) in [6.45, 7) is 0. The van der Waals surface area contributed by atoms with Crippen LogP contribution in [0.3, 0.4) is 0 Å². The van der Waals surface area contributed by atoms with Crippen LogP contribution >= 0.6 is 23.1 Å². The number of carbonyl (C=O) groups is 1. The van der Waals surface area contributed by atoms with E-state index in [1.165, 1.54) is 35.9 Å². The molecule has 94 valence electrons. The molecule has 1 aliphatic rings. The predicted molar refractivity (Wildman–Crippen MR) is 70.1 cm³/mol. The number of nitrogens with two attached hydrogens (primary N) is 1. The first-order chi connectivity index (χ1) is 8.24. The van der Waals surface area contributed by atoms with Gasteiger partial charge in [0.25, 0.3) is 0 Å². The van der Waals surface area contributed by atoms with Gasteiger partial charge in [0.05, 0.1) is 0 Å². The highest BCUT2D eigenvalue weighted by molar-refractivity contribution is 8.01. The van der Waals surface area contributed by atoms with Crippen molar-refractivity contribution in [1.82, 2.24) is 15.5 Å². The van der Waals surface area contributed by atoms with Crippen LogP contribution in [0.4, 0.5) is 5.13 Å². The molecule has 0 unspecified atom stereocenters. The van der Waals surface area contributed by atoms with E-state index in [1.807, 2.05) is 0 Å². The fourth-order valence-corrected chi connectivity index (χ4v) is 3.52. The van der Waals surface area contributed by atoms with E-state index in [4.69, 9.17) is 5.73 Å². The Morgan fingerprint density at radius 1 is 1.47 bits per heavy atom. The average molecular weight is 272 g/mol. The van der Waals surface area contributed by atoms with E-state index in [0.29, 0.717) is 17.6 Å². The van der Waals surface area contributed by atoms with Crippen molar-refractivity contribution in [3.05, 3.63) is 0 Å². The quantitative estimate of drug-likeness (QED) is 0.797. The van der Waals surface area contributed by atoms with Gasteiger partial charge in [-0.3, -0.25) is 4.79 Å². The van der Waals surface area contributed by atoms with Crippen LogP contribution in [0.1, 0.15) is 32.1 Å². The standard InChI is InChI=1S/C10H16N4OS2/c11-9-13-14-10(17-9)16-6-5-8(15)12-7-3-1-2-4-7/h7H,1-6H2,(H2,11,13)(H,12,15). The Morgan fingerprint density at radius 2 is 2.24 bits per heavy atom. The van der Waals surface area contributed by atoms with Gasteiger partial charge in [-0.1, -0.05) is 35.9 Å². The Morgan fingerprint density at radius 3 is 2.88 bits per heavy atom. The van der Waals surface area contributed by atoms with Crippen molar-refractivity contribution >= 4 is 34.1 Å². The van der Waals surface area contributed by atoms with Crippen molar-refractivity contribution in [2.24, 2.45) is 0 Å². The molecule has 1 aromatic heterocycles. The van der Waals surface area contributed by atoms with Crippen LogP contribution in [0.25, 0.3) is 0 Å². The molecule has 1 fully saturated rings. The minimum Gasteiger partial charge on any atom is -0.374 e. The molecule has 7 heteroatoms. The third-order valence-electron chi connectivity index (χ3n) is 2.70. The molecular weight excluding hydrogens is 256 g/mol. The molecule has 0 spiro atoms. The second-order valence-corrected chi connectivity index (χ2v) is 6.40. The summed E-state index contributed by atoms with van der Waals surface area (Å²) >= 11 is 2.89. The number of amides is 1. The Labute approximate surface area is 109 Å². The topological polar surface area (TPSA) is 80.9 Å². The maximum absolute atomic E-state index is 11.6. The SMILES string of the molecule is Nc1nnc(SCCC(=O)NC2CCCC2)s1. The summed E-state index contributed by atoms with van der Waals surface area (Å²) in [6.07, 6.45) is 5.27. The molecular formula is C10H16N4OS2. The van der Waals surface area contributed by atoms with E-state index in [-0.39, 0.29) is 5.91 Å². The van der Waals surface area contributed by atoms with Gasteiger partial charge in [-0.05, 0) is 12.8 Å². The summed E-state index contributed by atoms with van der Waals surface area (Å²) in [5.74, 6) is 0.870. The molecule has 0 aromatic carbocycles. The van der Waals surface area contributed by atoms with Crippen molar-refractivity contribution in [3.8, 4) is 0 Å². The summed E-state index contributed by atoms with van der Waals surface area (Å²) in [7, 11) is 0. The van der Waals surface area contributed by atoms with Crippen LogP contribution in [0.2, 0.25) is 0 Å². The fraction of sp³-hybridized carbons (Fsp3) is 0.700. The maximum atomic E-state index is 11.6. The highest BCUT2D eigenvalue weighted by atomic mass is 32.2. The first kappa shape index (κ1) is 12.6. The van der Waals surface area contributed by atoms with Crippen LogP contribution in [-0.4, -0.2) is 27.9 Å². The molecule has 2 rings (SSSR count). The summed E-state index contributed by atoms with van der Waals surface area (Å²) in [4.78, 5) is 11.6. The zero-order valence-electron chi connectivity index (χ0n) is 9.52. The van der Waals surface area contributed by atoms with Crippen molar-refractivity contribution in [3.63, 3.8) is 0 Å². The van der Waals surface area contributed by atoms with Gasteiger partial charge < -0.3 is 11.1 Å². The van der Waals surface area contributed by atoms with Crippen LogP contribution in [-0.2, 0) is 4.79 Å². The van der Waals surface area contributed by atoms with Gasteiger partial charge in [0, 0.05) is 18.2 Å².